The van der Waals surface area contributed by atoms with Gasteiger partial charge >= 0.3 is 0 Å². The fraction of sp³-hybridized carbons (Fsp3) is 0.455. The van der Waals surface area contributed by atoms with Crippen LogP contribution in [-0.4, -0.2) is 5.92 Å². The maximum Gasteiger partial charge on any atom is 0.272 e. The summed E-state index contributed by atoms with van der Waals surface area (Å²) in [5.74, 6) is -2.73. The Labute approximate surface area is 81.9 Å². The Bertz CT molecular complexity index is 367. The minimum atomic E-state index is -2.73. The molecule has 1 aromatic rings. The maximum absolute atomic E-state index is 13.1. The lowest BCUT2D eigenvalue weighted by Crippen LogP contribution is -2.29. The molecule has 0 saturated heterocycles. The zero-order valence-electron chi connectivity index (χ0n) is 8.27. The van der Waals surface area contributed by atoms with Crippen molar-refractivity contribution in [2.75, 3.05) is 0 Å². The highest BCUT2D eigenvalue weighted by Gasteiger charge is 2.70. The maximum atomic E-state index is 13.1. The molecule has 1 nitrogen and oxygen atoms in total. The van der Waals surface area contributed by atoms with Crippen LogP contribution in [0.15, 0.2) is 18.2 Å². The number of benzene rings is 1. The summed E-state index contributed by atoms with van der Waals surface area (Å²) in [5.41, 5.74) is 6.60. The molecule has 0 amide bonds. The highest BCUT2D eigenvalue weighted by molar-refractivity contribution is 5.46. The van der Waals surface area contributed by atoms with Crippen molar-refractivity contribution in [3.8, 4) is 0 Å². The van der Waals surface area contributed by atoms with Crippen LogP contribution >= 0.6 is 0 Å². The van der Waals surface area contributed by atoms with Crippen LogP contribution in [0.3, 0.4) is 0 Å². The number of nitrogens with two attached hydrogens (primary N) is 1. The van der Waals surface area contributed by atoms with Crippen molar-refractivity contribution in [3.05, 3.63) is 34.9 Å². The Balaban J connectivity index is 2.54. The molecule has 76 valence electrons. The first-order chi connectivity index (χ1) is 6.38. The molecule has 0 spiro atoms. The Morgan fingerprint density at radius 3 is 2.00 bits per heavy atom. The molecule has 0 heterocycles. The van der Waals surface area contributed by atoms with Crippen molar-refractivity contribution in [1.29, 1.82) is 0 Å². The van der Waals surface area contributed by atoms with Gasteiger partial charge in [0.2, 0.25) is 0 Å². The Morgan fingerprint density at radius 1 is 1.21 bits per heavy atom. The Hall–Kier alpha value is -0.960. The third-order valence-corrected chi connectivity index (χ3v) is 2.96. The number of aryl methyl sites for hydroxylation is 2. The smallest absolute Gasteiger partial charge is 0.272 e. The molecule has 1 aromatic carbocycles. The zero-order chi connectivity index (χ0) is 10.6. The summed E-state index contributed by atoms with van der Waals surface area (Å²) in [6, 6.07) is 5.51. The summed E-state index contributed by atoms with van der Waals surface area (Å²) in [4.78, 5) is 0. The Kier molecular flexibility index (Phi) is 1.74. The standard InChI is InChI=1S/C11H13F2N/c1-7-4-3-5-8(2)9(7)10(14)6-11(10,12)13/h3-5H,6,14H2,1-2H3. The van der Waals surface area contributed by atoms with Crippen LogP contribution in [0.1, 0.15) is 23.1 Å². The molecular weight excluding hydrogens is 184 g/mol. The van der Waals surface area contributed by atoms with E-state index < -0.39 is 11.5 Å². The van der Waals surface area contributed by atoms with E-state index in [1.807, 2.05) is 32.0 Å². The molecule has 2 N–H and O–H groups in total. The van der Waals surface area contributed by atoms with Crippen LogP contribution in [0.25, 0.3) is 0 Å². The molecule has 2 rings (SSSR count). The minimum absolute atomic E-state index is 0.230. The molecule has 14 heavy (non-hydrogen) atoms. The molecule has 1 atom stereocenters. The number of hydrogen-bond donors (Lipinski definition) is 1. The lowest BCUT2D eigenvalue weighted by atomic mass is 9.94. The summed E-state index contributed by atoms with van der Waals surface area (Å²) in [7, 11) is 0. The van der Waals surface area contributed by atoms with Gasteiger partial charge in [0.1, 0.15) is 5.54 Å². The average molecular weight is 197 g/mol. The highest BCUT2D eigenvalue weighted by atomic mass is 19.3. The van der Waals surface area contributed by atoms with Gasteiger partial charge in [0, 0.05) is 6.42 Å². The molecular formula is C11H13F2N. The molecule has 1 aliphatic carbocycles. The average Bonchev–Trinajstić information content (AvgIpc) is 2.50. The number of alkyl halides is 2. The van der Waals surface area contributed by atoms with E-state index in [4.69, 9.17) is 5.73 Å². The van der Waals surface area contributed by atoms with E-state index in [-0.39, 0.29) is 6.42 Å². The highest BCUT2D eigenvalue weighted by Crippen LogP contribution is 2.58. The van der Waals surface area contributed by atoms with Gasteiger partial charge in [0.25, 0.3) is 5.92 Å². The van der Waals surface area contributed by atoms with Crippen molar-refractivity contribution in [1.82, 2.24) is 0 Å². The van der Waals surface area contributed by atoms with E-state index >= 15 is 0 Å². The lowest BCUT2D eigenvalue weighted by molar-refractivity contribution is 0.0888. The first-order valence-corrected chi connectivity index (χ1v) is 4.62. The van der Waals surface area contributed by atoms with E-state index in [0.29, 0.717) is 5.56 Å². The van der Waals surface area contributed by atoms with Crippen LogP contribution in [0, 0.1) is 13.8 Å². The van der Waals surface area contributed by atoms with Crippen LogP contribution in [0.5, 0.6) is 0 Å². The summed E-state index contributed by atoms with van der Waals surface area (Å²) in [6.45, 7) is 3.65. The van der Waals surface area contributed by atoms with Gasteiger partial charge in [0.05, 0.1) is 0 Å². The third-order valence-electron chi connectivity index (χ3n) is 2.96. The van der Waals surface area contributed by atoms with Crippen molar-refractivity contribution >= 4 is 0 Å². The number of rotatable bonds is 1. The molecule has 0 radical (unpaired) electrons. The van der Waals surface area contributed by atoms with Crippen LogP contribution in [0.4, 0.5) is 8.78 Å². The topological polar surface area (TPSA) is 26.0 Å². The molecule has 0 aromatic heterocycles. The Morgan fingerprint density at radius 2 is 1.64 bits per heavy atom. The molecule has 1 aliphatic rings. The van der Waals surface area contributed by atoms with Crippen LogP contribution < -0.4 is 5.73 Å². The van der Waals surface area contributed by atoms with Gasteiger partial charge in [-0.25, -0.2) is 8.78 Å². The zero-order valence-corrected chi connectivity index (χ0v) is 8.27. The van der Waals surface area contributed by atoms with Gasteiger partial charge in [-0.2, -0.15) is 0 Å². The molecule has 1 unspecified atom stereocenters. The molecule has 0 bridgehead atoms. The van der Waals surface area contributed by atoms with Gasteiger partial charge in [-0.1, -0.05) is 18.2 Å². The SMILES string of the molecule is Cc1cccc(C)c1C1(N)CC1(F)F. The second kappa shape index (κ2) is 2.54. The van der Waals surface area contributed by atoms with E-state index in [0.717, 1.165) is 11.1 Å². The van der Waals surface area contributed by atoms with Crippen molar-refractivity contribution < 1.29 is 8.78 Å². The minimum Gasteiger partial charge on any atom is -0.316 e. The second-order valence-electron chi connectivity index (χ2n) is 4.12. The monoisotopic (exact) mass is 197 g/mol. The van der Waals surface area contributed by atoms with Gasteiger partial charge in [-0.05, 0) is 30.5 Å². The van der Waals surface area contributed by atoms with E-state index in [1.165, 1.54) is 0 Å². The second-order valence-corrected chi connectivity index (χ2v) is 4.12. The van der Waals surface area contributed by atoms with Crippen molar-refractivity contribution in [2.24, 2.45) is 5.73 Å². The quantitative estimate of drug-likeness (QED) is 0.735. The predicted molar refractivity (Wildman–Crippen MR) is 51.3 cm³/mol. The fourth-order valence-electron chi connectivity index (χ4n) is 2.10. The lowest BCUT2D eigenvalue weighted by Gasteiger charge is -2.16. The summed E-state index contributed by atoms with van der Waals surface area (Å²) >= 11 is 0. The van der Waals surface area contributed by atoms with Gasteiger partial charge in [-0.3, -0.25) is 0 Å². The summed E-state index contributed by atoms with van der Waals surface area (Å²) < 4.78 is 26.2. The first-order valence-electron chi connectivity index (χ1n) is 4.62. The number of halogens is 2. The van der Waals surface area contributed by atoms with Crippen molar-refractivity contribution in [2.45, 2.75) is 31.7 Å². The largest absolute Gasteiger partial charge is 0.316 e. The third kappa shape index (κ3) is 1.08. The molecule has 1 saturated carbocycles. The molecule has 0 aliphatic heterocycles. The van der Waals surface area contributed by atoms with E-state index in [1.54, 1.807) is 0 Å². The number of hydrogen-bond acceptors (Lipinski definition) is 1. The summed E-state index contributed by atoms with van der Waals surface area (Å²) in [5, 5.41) is 0. The van der Waals surface area contributed by atoms with Crippen LogP contribution in [0.2, 0.25) is 0 Å². The summed E-state index contributed by atoms with van der Waals surface area (Å²) in [6.07, 6.45) is -0.230. The van der Waals surface area contributed by atoms with Gasteiger partial charge < -0.3 is 5.73 Å². The first kappa shape index (κ1) is 9.59. The van der Waals surface area contributed by atoms with Gasteiger partial charge in [0.15, 0.2) is 0 Å². The van der Waals surface area contributed by atoms with Gasteiger partial charge in [-0.15, -0.1) is 0 Å². The van der Waals surface area contributed by atoms with Crippen LogP contribution in [-0.2, 0) is 5.54 Å². The van der Waals surface area contributed by atoms with E-state index in [9.17, 15) is 8.78 Å². The molecule has 1 fully saturated rings. The predicted octanol–water partition coefficient (Wildman–Crippen LogP) is 2.50. The van der Waals surface area contributed by atoms with E-state index in [2.05, 4.69) is 0 Å². The normalized spacial score (nSPS) is 28.9. The fourth-order valence-corrected chi connectivity index (χ4v) is 2.10. The molecule has 3 heteroatoms. The van der Waals surface area contributed by atoms with Crippen molar-refractivity contribution in [3.63, 3.8) is 0 Å².